The zero-order valence-corrected chi connectivity index (χ0v) is 14.9. The molecule has 0 fully saturated rings. The van der Waals surface area contributed by atoms with Crippen molar-refractivity contribution >= 4 is 15.9 Å². The first kappa shape index (κ1) is 16.2. The first-order valence-corrected chi connectivity index (χ1v) is 8.30. The van der Waals surface area contributed by atoms with Crippen LogP contribution in [0.5, 0.6) is 0 Å². The van der Waals surface area contributed by atoms with Crippen molar-refractivity contribution in [1.82, 2.24) is 14.9 Å². The fraction of sp³-hybridized carbons (Fsp3) is 0.471. The van der Waals surface area contributed by atoms with Crippen molar-refractivity contribution in [2.45, 2.75) is 46.2 Å². The molecule has 1 heterocycles. The molecule has 1 unspecified atom stereocenters. The molecule has 0 saturated heterocycles. The zero-order valence-electron chi connectivity index (χ0n) is 13.3. The molecule has 1 N–H and O–H groups in total. The molecule has 0 amide bonds. The molecule has 1 atom stereocenters. The summed E-state index contributed by atoms with van der Waals surface area (Å²) in [7, 11) is 2.02. The van der Waals surface area contributed by atoms with Gasteiger partial charge in [-0.3, -0.25) is 0 Å². The number of hydrogen-bond acceptors (Lipinski definition) is 2. The van der Waals surface area contributed by atoms with Gasteiger partial charge in [-0.25, -0.2) is 4.98 Å². The second kappa shape index (κ2) is 7.23. The van der Waals surface area contributed by atoms with E-state index in [1.165, 1.54) is 21.2 Å². The molecule has 0 saturated carbocycles. The van der Waals surface area contributed by atoms with E-state index in [0.29, 0.717) is 0 Å². The molecule has 114 valence electrons. The maximum absolute atomic E-state index is 4.52. The average Bonchev–Trinajstić information content (AvgIpc) is 2.89. The monoisotopic (exact) mass is 349 g/mol. The number of aryl methyl sites for hydroxylation is 3. The van der Waals surface area contributed by atoms with Crippen LogP contribution in [0.2, 0.25) is 0 Å². The second-order valence-electron chi connectivity index (χ2n) is 5.55. The van der Waals surface area contributed by atoms with Crippen molar-refractivity contribution in [1.29, 1.82) is 0 Å². The molecule has 0 bridgehead atoms. The van der Waals surface area contributed by atoms with Crippen molar-refractivity contribution in [3.05, 3.63) is 51.5 Å². The summed E-state index contributed by atoms with van der Waals surface area (Å²) in [6, 6.07) is 4.80. The Morgan fingerprint density at radius 2 is 1.95 bits per heavy atom. The predicted octanol–water partition coefficient (Wildman–Crippen LogP) is 4.18. The molecular weight excluding hydrogens is 326 g/mol. The molecule has 0 aliphatic rings. The summed E-state index contributed by atoms with van der Waals surface area (Å²) < 4.78 is 3.46. The van der Waals surface area contributed by atoms with E-state index in [-0.39, 0.29) is 6.04 Å². The number of rotatable bonds is 6. The molecule has 1 aromatic heterocycles. The van der Waals surface area contributed by atoms with Crippen LogP contribution < -0.4 is 5.32 Å². The van der Waals surface area contributed by atoms with E-state index in [0.717, 1.165) is 25.2 Å². The standard InChI is InChI=1S/C17H24BrN3/c1-5-7-21-8-6-20-16(21)11-15(19-4)14-9-12(2)17(18)13(3)10-14/h6,8-10,15,19H,5,7,11H2,1-4H3. The third-order valence-corrected chi connectivity index (χ3v) is 5.11. The summed E-state index contributed by atoms with van der Waals surface area (Å²) in [5.74, 6) is 1.15. The van der Waals surface area contributed by atoms with Crippen LogP contribution >= 0.6 is 15.9 Å². The Labute approximate surface area is 135 Å². The van der Waals surface area contributed by atoms with Gasteiger partial charge in [0.05, 0.1) is 0 Å². The van der Waals surface area contributed by atoms with Crippen LogP contribution in [-0.4, -0.2) is 16.6 Å². The minimum Gasteiger partial charge on any atom is -0.335 e. The lowest BCUT2D eigenvalue weighted by atomic mass is 9.99. The molecule has 0 aliphatic carbocycles. The molecule has 1 aromatic carbocycles. The van der Waals surface area contributed by atoms with Crippen LogP contribution in [0, 0.1) is 13.8 Å². The van der Waals surface area contributed by atoms with Crippen LogP contribution in [0.1, 0.15) is 41.9 Å². The van der Waals surface area contributed by atoms with Gasteiger partial charge >= 0.3 is 0 Å². The molecule has 4 heteroatoms. The number of halogens is 1. The first-order valence-electron chi connectivity index (χ1n) is 7.50. The lowest BCUT2D eigenvalue weighted by molar-refractivity contribution is 0.542. The van der Waals surface area contributed by atoms with Gasteiger partial charge in [-0.05, 0) is 44.0 Å². The first-order chi connectivity index (χ1) is 10.1. The highest BCUT2D eigenvalue weighted by Crippen LogP contribution is 2.27. The van der Waals surface area contributed by atoms with Crippen LogP contribution in [0.25, 0.3) is 0 Å². The maximum atomic E-state index is 4.52. The summed E-state index contributed by atoms with van der Waals surface area (Å²) in [6.07, 6.45) is 6.01. The van der Waals surface area contributed by atoms with E-state index in [4.69, 9.17) is 0 Å². The number of aromatic nitrogens is 2. The minimum atomic E-state index is 0.286. The Bertz CT molecular complexity index is 581. The smallest absolute Gasteiger partial charge is 0.110 e. The molecule has 2 aromatic rings. The molecule has 0 aliphatic heterocycles. The van der Waals surface area contributed by atoms with Crippen molar-refractivity contribution in [3.8, 4) is 0 Å². The van der Waals surface area contributed by atoms with E-state index >= 15 is 0 Å². The van der Waals surface area contributed by atoms with E-state index in [1.54, 1.807) is 0 Å². The molecule has 21 heavy (non-hydrogen) atoms. The third kappa shape index (κ3) is 3.74. The summed E-state index contributed by atoms with van der Waals surface area (Å²) in [6.45, 7) is 7.52. The lowest BCUT2D eigenvalue weighted by Gasteiger charge is -2.19. The average molecular weight is 350 g/mol. The van der Waals surface area contributed by atoms with Crippen LogP contribution in [0.4, 0.5) is 0 Å². The number of likely N-dealkylation sites (N-methyl/N-ethyl adjacent to an activating group) is 1. The zero-order chi connectivity index (χ0) is 15.4. The van der Waals surface area contributed by atoms with Gasteiger partial charge in [-0.1, -0.05) is 35.0 Å². The lowest BCUT2D eigenvalue weighted by Crippen LogP contribution is -2.21. The molecule has 0 spiro atoms. The van der Waals surface area contributed by atoms with E-state index in [2.05, 4.69) is 69.9 Å². The Morgan fingerprint density at radius 1 is 1.29 bits per heavy atom. The van der Waals surface area contributed by atoms with Gasteiger partial charge in [0.25, 0.3) is 0 Å². The number of nitrogens with one attached hydrogen (secondary N) is 1. The van der Waals surface area contributed by atoms with Crippen molar-refractivity contribution in [2.75, 3.05) is 7.05 Å². The summed E-state index contributed by atoms with van der Waals surface area (Å²) in [5, 5.41) is 3.43. The van der Waals surface area contributed by atoms with E-state index in [9.17, 15) is 0 Å². The topological polar surface area (TPSA) is 29.9 Å². The van der Waals surface area contributed by atoms with E-state index in [1.807, 2.05) is 13.2 Å². The Kier molecular flexibility index (Phi) is 5.59. The van der Waals surface area contributed by atoms with Gasteiger partial charge in [0.15, 0.2) is 0 Å². The normalized spacial score (nSPS) is 12.6. The fourth-order valence-corrected chi connectivity index (χ4v) is 2.95. The van der Waals surface area contributed by atoms with Gasteiger partial charge in [0.2, 0.25) is 0 Å². The molecule has 3 nitrogen and oxygen atoms in total. The Hall–Kier alpha value is -1.13. The summed E-state index contributed by atoms with van der Waals surface area (Å²) in [5.41, 5.74) is 3.88. The highest BCUT2D eigenvalue weighted by molar-refractivity contribution is 9.10. The number of imidazole rings is 1. The molecule has 0 radical (unpaired) electrons. The quantitative estimate of drug-likeness (QED) is 0.847. The minimum absolute atomic E-state index is 0.286. The predicted molar refractivity (Wildman–Crippen MR) is 91.6 cm³/mol. The van der Waals surface area contributed by atoms with Gasteiger partial charge in [-0.15, -0.1) is 0 Å². The molecule has 2 rings (SSSR count). The Balaban J connectivity index is 2.26. The van der Waals surface area contributed by atoms with Gasteiger partial charge in [0, 0.05) is 35.9 Å². The van der Waals surface area contributed by atoms with Gasteiger partial charge < -0.3 is 9.88 Å². The fourth-order valence-electron chi connectivity index (χ4n) is 2.72. The largest absolute Gasteiger partial charge is 0.335 e. The van der Waals surface area contributed by atoms with Crippen LogP contribution in [0.15, 0.2) is 29.0 Å². The number of hydrogen-bond donors (Lipinski definition) is 1. The second-order valence-corrected chi connectivity index (χ2v) is 6.34. The highest BCUT2D eigenvalue weighted by atomic mass is 79.9. The van der Waals surface area contributed by atoms with Gasteiger partial charge in [-0.2, -0.15) is 0 Å². The van der Waals surface area contributed by atoms with Crippen molar-refractivity contribution in [3.63, 3.8) is 0 Å². The maximum Gasteiger partial charge on any atom is 0.110 e. The van der Waals surface area contributed by atoms with Crippen LogP contribution in [-0.2, 0) is 13.0 Å². The third-order valence-electron chi connectivity index (χ3n) is 3.86. The van der Waals surface area contributed by atoms with Crippen molar-refractivity contribution in [2.24, 2.45) is 0 Å². The summed E-state index contributed by atoms with van der Waals surface area (Å²) in [4.78, 5) is 4.52. The Morgan fingerprint density at radius 3 is 2.52 bits per heavy atom. The highest BCUT2D eigenvalue weighted by Gasteiger charge is 2.15. The SMILES string of the molecule is CCCn1ccnc1CC(NC)c1cc(C)c(Br)c(C)c1. The van der Waals surface area contributed by atoms with Gasteiger partial charge in [0.1, 0.15) is 5.82 Å². The number of nitrogens with zero attached hydrogens (tertiary/aromatic N) is 2. The van der Waals surface area contributed by atoms with E-state index < -0.39 is 0 Å². The molecular formula is C17H24BrN3. The summed E-state index contributed by atoms with van der Waals surface area (Å²) >= 11 is 3.64. The number of benzene rings is 1. The van der Waals surface area contributed by atoms with Crippen molar-refractivity contribution < 1.29 is 0 Å². The van der Waals surface area contributed by atoms with Crippen LogP contribution in [0.3, 0.4) is 0 Å².